The molecule has 1 aliphatic rings. The van der Waals surface area contributed by atoms with E-state index >= 15 is 0 Å². The van der Waals surface area contributed by atoms with E-state index in [0.29, 0.717) is 0 Å². The first-order valence-electron chi connectivity index (χ1n) is 5.08. The fourth-order valence-corrected chi connectivity index (χ4v) is 1.69. The van der Waals surface area contributed by atoms with Crippen LogP contribution in [0, 0.1) is 0 Å². The van der Waals surface area contributed by atoms with E-state index in [1.54, 1.807) is 0 Å². The summed E-state index contributed by atoms with van der Waals surface area (Å²) in [7, 11) is 0. The quantitative estimate of drug-likeness (QED) is 0.767. The molecule has 1 heterocycles. The molecule has 0 bridgehead atoms. The van der Waals surface area contributed by atoms with E-state index in [2.05, 4.69) is 0 Å². The van der Waals surface area contributed by atoms with Gasteiger partial charge in [0.2, 0.25) is 0 Å². The van der Waals surface area contributed by atoms with Gasteiger partial charge in [-0.2, -0.15) is 0 Å². The number of nitrogens with zero attached hydrogens (tertiary/aromatic N) is 1. The largest absolute Gasteiger partial charge is 0.478 e. The van der Waals surface area contributed by atoms with Crippen LogP contribution in [-0.2, 0) is 9.59 Å². The van der Waals surface area contributed by atoms with Gasteiger partial charge in [-0.05, 0) is 18.2 Å². The van der Waals surface area contributed by atoms with Gasteiger partial charge < -0.3 is 10.2 Å². The van der Waals surface area contributed by atoms with Crippen LogP contribution in [0.1, 0.15) is 20.7 Å². The zero-order chi connectivity index (χ0) is 14.2. The summed E-state index contributed by atoms with van der Waals surface area (Å²) in [5.74, 6) is -4.07. The van der Waals surface area contributed by atoms with E-state index in [-0.39, 0.29) is 5.69 Å². The number of carboxylic acid groups (broad SMARTS) is 2. The molecule has 1 aromatic rings. The number of anilines is 1. The topological polar surface area (TPSA) is 112 Å². The lowest BCUT2D eigenvalue weighted by molar-refractivity contribution is -0.120. The molecule has 0 spiro atoms. The monoisotopic (exact) mass is 261 g/mol. The van der Waals surface area contributed by atoms with Gasteiger partial charge in [-0.3, -0.25) is 9.59 Å². The third-order valence-corrected chi connectivity index (χ3v) is 2.53. The molecule has 2 amide bonds. The van der Waals surface area contributed by atoms with Crippen LogP contribution >= 0.6 is 0 Å². The van der Waals surface area contributed by atoms with Crippen LogP contribution in [0.3, 0.4) is 0 Å². The van der Waals surface area contributed by atoms with Crippen LogP contribution < -0.4 is 4.90 Å². The first-order chi connectivity index (χ1) is 8.91. The molecule has 0 aromatic heterocycles. The number of hydrogen-bond acceptors (Lipinski definition) is 4. The van der Waals surface area contributed by atoms with Crippen molar-refractivity contribution in [3.8, 4) is 0 Å². The summed E-state index contributed by atoms with van der Waals surface area (Å²) in [5.41, 5.74) is -0.886. The Morgan fingerprint density at radius 2 is 1.42 bits per heavy atom. The average Bonchev–Trinajstić information content (AvgIpc) is 2.68. The normalized spacial score (nSPS) is 14.0. The highest BCUT2D eigenvalue weighted by atomic mass is 16.4. The number of carboxylic acids is 2. The minimum Gasteiger partial charge on any atom is -0.478 e. The minimum atomic E-state index is -1.45. The maximum absolute atomic E-state index is 11.4. The van der Waals surface area contributed by atoms with Gasteiger partial charge >= 0.3 is 11.9 Å². The van der Waals surface area contributed by atoms with E-state index < -0.39 is 34.9 Å². The van der Waals surface area contributed by atoms with Crippen molar-refractivity contribution in [2.24, 2.45) is 0 Å². The van der Waals surface area contributed by atoms with E-state index in [4.69, 9.17) is 10.2 Å². The molecule has 0 saturated heterocycles. The van der Waals surface area contributed by atoms with Gasteiger partial charge in [0, 0.05) is 12.2 Å². The van der Waals surface area contributed by atoms with Crippen LogP contribution in [0.2, 0.25) is 0 Å². The van der Waals surface area contributed by atoms with Crippen molar-refractivity contribution in [2.45, 2.75) is 0 Å². The van der Waals surface area contributed by atoms with Crippen LogP contribution in [0.25, 0.3) is 0 Å². The van der Waals surface area contributed by atoms with Crippen molar-refractivity contribution in [2.75, 3.05) is 4.90 Å². The molecule has 19 heavy (non-hydrogen) atoms. The Morgan fingerprint density at radius 1 is 0.895 bits per heavy atom. The highest BCUT2D eigenvalue weighted by Gasteiger charge is 2.27. The molecule has 7 nitrogen and oxygen atoms in total. The first-order valence-corrected chi connectivity index (χ1v) is 5.08. The van der Waals surface area contributed by atoms with E-state index in [9.17, 15) is 19.2 Å². The minimum absolute atomic E-state index is 0.0161. The molecule has 0 fully saturated rings. The molecule has 2 N–H and O–H groups in total. The highest BCUT2D eigenvalue weighted by molar-refractivity contribution is 6.28. The van der Waals surface area contributed by atoms with Gasteiger partial charge in [0.05, 0.1) is 16.8 Å². The summed E-state index contributed by atoms with van der Waals surface area (Å²) in [6.07, 6.45) is 2.10. The molecular weight excluding hydrogens is 254 g/mol. The SMILES string of the molecule is O=C(O)c1ccc(N2C(=O)C=CC2=O)cc1C(=O)O. The molecule has 96 valence electrons. The molecule has 7 heteroatoms. The van der Waals surface area contributed by atoms with Crippen molar-refractivity contribution >= 4 is 29.4 Å². The zero-order valence-electron chi connectivity index (χ0n) is 9.36. The van der Waals surface area contributed by atoms with E-state index in [0.717, 1.165) is 29.2 Å². The lowest BCUT2D eigenvalue weighted by atomic mass is 10.1. The Bertz CT molecular complexity index is 628. The third kappa shape index (κ3) is 2.08. The lowest BCUT2D eigenvalue weighted by Crippen LogP contribution is -2.29. The highest BCUT2D eigenvalue weighted by Crippen LogP contribution is 2.23. The third-order valence-electron chi connectivity index (χ3n) is 2.53. The molecule has 0 atom stereocenters. The van der Waals surface area contributed by atoms with Crippen molar-refractivity contribution in [3.63, 3.8) is 0 Å². The summed E-state index contributed by atoms with van der Waals surface area (Å²) in [5, 5.41) is 17.8. The summed E-state index contributed by atoms with van der Waals surface area (Å²) in [6, 6.07) is 3.23. The number of hydrogen-bond donors (Lipinski definition) is 2. The molecule has 0 aliphatic carbocycles. The van der Waals surface area contributed by atoms with E-state index in [1.165, 1.54) is 6.07 Å². The Kier molecular flexibility index (Phi) is 2.88. The maximum atomic E-state index is 11.4. The number of rotatable bonds is 3. The molecule has 2 rings (SSSR count). The molecular formula is C12H7NO6. The van der Waals surface area contributed by atoms with Gasteiger partial charge in [-0.1, -0.05) is 0 Å². The van der Waals surface area contributed by atoms with Crippen LogP contribution in [0.15, 0.2) is 30.4 Å². The first kappa shape index (κ1) is 12.5. The summed E-state index contributed by atoms with van der Waals surface area (Å²) in [4.78, 5) is 45.5. The Hall–Kier alpha value is -2.96. The Balaban J connectivity index is 2.53. The Morgan fingerprint density at radius 3 is 1.89 bits per heavy atom. The number of amides is 2. The maximum Gasteiger partial charge on any atom is 0.336 e. The smallest absolute Gasteiger partial charge is 0.336 e. The average molecular weight is 261 g/mol. The summed E-state index contributed by atoms with van der Waals surface area (Å²) >= 11 is 0. The fraction of sp³-hybridized carbons (Fsp3) is 0. The van der Waals surface area contributed by atoms with Crippen molar-refractivity contribution in [1.82, 2.24) is 0 Å². The van der Waals surface area contributed by atoms with Crippen LogP contribution in [0.4, 0.5) is 5.69 Å². The van der Waals surface area contributed by atoms with Gasteiger partial charge in [-0.15, -0.1) is 0 Å². The molecule has 0 radical (unpaired) electrons. The second-order valence-corrected chi connectivity index (χ2v) is 3.69. The van der Waals surface area contributed by atoms with Crippen LogP contribution in [-0.4, -0.2) is 34.0 Å². The van der Waals surface area contributed by atoms with Gasteiger partial charge in [-0.25, -0.2) is 14.5 Å². The predicted octanol–water partition coefficient (Wildman–Crippen LogP) is 0.512. The molecule has 0 unspecified atom stereocenters. The van der Waals surface area contributed by atoms with Gasteiger partial charge in [0.25, 0.3) is 11.8 Å². The number of carbonyl (C=O) groups excluding carboxylic acids is 2. The van der Waals surface area contributed by atoms with Gasteiger partial charge in [0.15, 0.2) is 0 Å². The standard InChI is InChI=1S/C12H7NO6/c14-9-3-4-10(15)13(9)6-1-2-7(11(16)17)8(5-6)12(18)19/h1-5H,(H,16,17)(H,18,19). The number of carbonyl (C=O) groups is 4. The number of imide groups is 1. The predicted molar refractivity (Wildman–Crippen MR) is 62.0 cm³/mol. The second kappa shape index (κ2) is 4.37. The van der Waals surface area contributed by atoms with Crippen molar-refractivity contribution in [3.05, 3.63) is 41.5 Å². The number of benzene rings is 1. The lowest BCUT2D eigenvalue weighted by Gasteiger charge is -2.15. The fourth-order valence-electron chi connectivity index (χ4n) is 1.69. The van der Waals surface area contributed by atoms with Crippen molar-refractivity contribution in [1.29, 1.82) is 0 Å². The number of aromatic carboxylic acids is 2. The molecule has 0 saturated carbocycles. The van der Waals surface area contributed by atoms with Crippen molar-refractivity contribution < 1.29 is 29.4 Å². The van der Waals surface area contributed by atoms with Gasteiger partial charge in [0.1, 0.15) is 0 Å². The summed E-state index contributed by atoms with van der Waals surface area (Å²) in [6.45, 7) is 0. The second-order valence-electron chi connectivity index (χ2n) is 3.69. The van der Waals surface area contributed by atoms with E-state index in [1.807, 2.05) is 0 Å². The zero-order valence-corrected chi connectivity index (χ0v) is 9.36. The summed E-state index contributed by atoms with van der Waals surface area (Å²) < 4.78 is 0. The molecule has 1 aromatic carbocycles. The van der Waals surface area contributed by atoms with Crippen LogP contribution in [0.5, 0.6) is 0 Å². The molecule has 1 aliphatic heterocycles. The Labute approximate surface area is 106 Å².